The first-order chi connectivity index (χ1) is 10.4. The second-order valence-corrected chi connectivity index (χ2v) is 6.16. The van der Waals surface area contributed by atoms with E-state index in [2.05, 4.69) is 10.6 Å². The highest BCUT2D eigenvalue weighted by Crippen LogP contribution is 2.44. The van der Waals surface area contributed by atoms with Crippen LogP contribution in [0.4, 0.5) is 0 Å². The molecule has 2 rings (SSSR count). The number of carbonyl (C=O) groups excluding carboxylic acids is 2. The molecule has 2 aliphatic rings. The van der Waals surface area contributed by atoms with Crippen LogP contribution in [-0.4, -0.2) is 52.7 Å². The predicted octanol–water partition coefficient (Wildman–Crippen LogP) is -1.43. The third-order valence-electron chi connectivity index (χ3n) is 4.12. The average molecular weight is 313 g/mol. The quantitative estimate of drug-likeness (QED) is 0.353. The van der Waals surface area contributed by atoms with E-state index in [1.807, 2.05) is 0 Å². The Morgan fingerprint density at radius 3 is 2.00 bits per heavy atom. The maximum absolute atomic E-state index is 12.2. The monoisotopic (exact) mass is 313 g/mol. The predicted molar refractivity (Wildman–Crippen MR) is 76.6 cm³/mol. The molecule has 0 unspecified atom stereocenters. The van der Waals surface area contributed by atoms with Crippen molar-refractivity contribution in [3.8, 4) is 0 Å². The number of aliphatic hydroxyl groups is 1. The van der Waals surface area contributed by atoms with Crippen LogP contribution in [0.1, 0.15) is 32.1 Å². The summed E-state index contributed by atoms with van der Waals surface area (Å²) in [5.41, 5.74) is 5.43. The Balaban J connectivity index is 1.85. The van der Waals surface area contributed by atoms with Gasteiger partial charge in [-0.25, -0.2) is 0 Å². The Bertz CT molecular complexity index is 436. The average Bonchev–Trinajstić information content (AvgIpc) is 3.33. The zero-order valence-corrected chi connectivity index (χ0v) is 12.3. The highest BCUT2D eigenvalue weighted by Gasteiger charge is 2.43. The normalized spacial score (nSPS) is 20.3. The van der Waals surface area contributed by atoms with Crippen molar-refractivity contribution in [3.05, 3.63) is 0 Å². The fraction of sp³-hybridized carbons (Fsp3) is 0.786. The Hall–Kier alpha value is -1.67. The van der Waals surface area contributed by atoms with Gasteiger partial charge in [0, 0.05) is 6.04 Å². The third-order valence-corrected chi connectivity index (χ3v) is 4.12. The van der Waals surface area contributed by atoms with Crippen LogP contribution < -0.4 is 16.4 Å². The van der Waals surface area contributed by atoms with Crippen molar-refractivity contribution in [1.82, 2.24) is 10.6 Å². The first kappa shape index (κ1) is 16.7. The Morgan fingerprint density at radius 2 is 1.59 bits per heavy atom. The van der Waals surface area contributed by atoms with E-state index in [-0.39, 0.29) is 6.04 Å². The van der Waals surface area contributed by atoms with Gasteiger partial charge in [-0.05, 0) is 37.5 Å². The fourth-order valence-electron chi connectivity index (χ4n) is 2.55. The van der Waals surface area contributed by atoms with E-state index < -0.39 is 42.9 Å². The van der Waals surface area contributed by atoms with E-state index in [9.17, 15) is 19.5 Å². The van der Waals surface area contributed by atoms with Crippen LogP contribution >= 0.6 is 0 Å². The maximum atomic E-state index is 12.2. The minimum absolute atomic E-state index is 0.117. The van der Waals surface area contributed by atoms with Gasteiger partial charge in [-0.1, -0.05) is 0 Å². The minimum Gasteiger partial charge on any atom is -0.481 e. The van der Waals surface area contributed by atoms with E-state index in [1.165, 1.54) is 0 Å². The molecule has 0 saturated heterocycles. The van der Waals surface area contributed by atoms with Crippen LogP contribution in [0.5, 0.6) is 0 Å². The Morgan fingerprint density at radius 1 is 1.05 bits per heavy atom. The molecule has 2 amide bonds. The van der Waals surface area contributed by atoms with Gasteiger partial charge in [0.1, 0.15) is 6.04 Å². The smallest absolute Gasteiger partial charge is 0.305 e. The number of carbonyl (C=O) groups is 3. The van der Waals surface area contributed by atoms with E-state index >= 15 is 0 Å². The lowest BCUT2D eigenvalue weighted by Crippen LogP contribution is -2.55. The number of carboxylic acid groups (broad SMARTS) is 1. The first-order valence-electron chi connectivity index (χ1n) is 7.61. The summed E-state index contributed by atoms with van der Waals surface area (Å²) in [4.78, 5) is 34.5. The summed E-state index contributed by atoms with van der Waals surface area (Å²) in [6, 6.07) is -2.24. The molecular weight excluding hydrogens is 290 g/mol. The molecule has 0 bridgehead atoms. The van der Waals surface area contributed by atoms with Gasteiger partial charge < -0.3 is 26.6 Å². The van der Waals surface area contributed by atoms with Crippen LogP contribution in [0.2, 0.25) is 0 Å². The van der Waals surface area contributed by atoms with Gasteiger partial charge >= 0.3 is 5.97 Å². The number of aliphatic hydroxyl groups excluding tert-OH is 1. The zero-order valence-electron chi connectivity index (χ0n) is 12.3. The maximum Gasteiger partial charge on any atom is 0.305 e. The molecule has 0 spiro atoms. The molecule has 2 fully saturated rings. The molecule has 2 atom stereocenters. The number of nitrogens with two attached hydrogens (primary N) is 1. The highest BCUT2D eigenvalue weighted by atomic mass is 16.4. The second kappa shape index (κ2) is 7.06. The molecule has 6 N–H and O–H groups in total. The van der Waals surface area contributed by atoms with Crippen molar-refractivity contribution in [2.45, 2.75) is 50.2 Å². The van der Waals surface area contributed by atoms with Crippen molar-refractivity contribution in [1.29, 1.82) is 0 Å². The first-order valence-corrected chi connectivity index (χ1v) is 7.61. The Labute approximate surface area is 128 Å². The molecule has 2 aliphatic carbocycles. The summed E-state index contributed by atoms with van der Waals surface area (Å²) in [5.74, 6) is -1.40. The largest absolute Gasteiger partial charge is 0.481 e. The van der Waals surface area contributed by atoms with E-state index in [0.29, 0.717) is 11.8 Å². The summed E-state index contributed by atoms with van der Waals surface area (Å²) >= 11 is 0. The molecule has 8 nitrogen and oxygen atoms in total. The lowest BCUT2D eigenvalue weighted by Gasteiger charge is -2.23. The van der Waals surface area contributed by atoms with Crippen molar-refractivity contribution < 1.29 is 24.6 Å². The number of hydrogen-bond acceptors (Lipinski definition) is 5. The lowest BCUT2D eigenvalue weighted by molar-refractivity contribution is -0.139. The standard InChI is InChI=1S/C14H23N3O5/c15-9(5-11(19)20)13(21)16-10(6-18)14(22)17-12(7-1-2-7)8-3-4-8/h7-10,12,18H,1-6,15H2,(H,16,21)(H,17,22)(H,19,20)/t9-,10+/m0/s1. The molecule has 2 saturated carbocycles. The van der Waals surface area contributed by atoms with E-state index in [1.54, 1.807) is 0 Å². The van der Waals surface area contributed by atoms with Crippen LogP contribution in [0.25, 0.3) is 0 Å². The van der Waals surface area contributed by atoms with Gasteiger partial charge in [0.2, 0.25) is 11.8 Å². The molecule has 124 valence electrons. The molecule has 0 heterocycles. The highest BCUT2D eigenvalue weighted by molar-refractivity contribution is 5.91. The van der Waals surface area contributed by atoms with Gasteiger partial charge in [-0.3, -0.25) is 14.4 Å². The van der Waals surface area contributed by atoms with Crippen LogP contribution in [-0.2, 0) is 14.4 Å². The summed E-state index contributed by atoms with van der Waals surface area (Å²) < 4.78 is 0. The zero-order chi connectivity index (χ0) is 16.3. The summed E-state index contributed by atoms with van der Waals surface area (Å²) in [6.45, 7) is -0.556. The number of hydrogen-bond donors (Lipinski definition) is 5. The molecule has 22 heavy (non-hydrogen) atoms. The van der Waals surface area contributed by atoms with Gasteiger partial charge in [0.15, 0.2) is 0 Å². The van der Waals surface area contributed by atoms with E-state index in [4.69, 9.17) is 10.8 Å². The van der Waals surface area contributed by atoms with Gasteiger partial charge in [-0.15, -0.1) is 0 Å². The molecule has 0 aliphatic heterocycles. The van der Waals surface area contributed by atoms with Crippen molar-refractivity contribution in [2.24, 2.45) is 17.6 Å². The molecule has 0 aromatic carbocycles. The van der Waals surface area contributed by atoms with Crippen molar-refractivity contribution >= 4 is 17.8 Å². The van der Waals surface area contributed by atoms with Crippen LogP contribution in [0, 0.1) is 11.8 Å². The summed E-state index contributed by atoms with van der Waals surface area (Å²) in [5, 5.41) is 23.1. The minimum atomic E-state index is -1.25. The van der Waals surface area contributed by atoms with E-state index in [0.717, 1.165) is 25.7 Å². The molecule has 0 aromatic heterocycles. The number of amides is 2. The Kier molecular flexibility index (Phi) is 5.36. The van der Waals surface area contributed by atoms with Crippen molar-refractivity contribution in [2.75, 3.05) is 6.61 Å². The third kappa shape index (κ3) is 4.67. The van der Waals surface area contributed by atoms with Gasteiger partial charge in [-0.2, -0.15) is 0 Å². The van der Waals surface area contributed by atoms with Crippen LogP contribution in [0.15, 0.2) is 0 Å². The fourth-order valence-corrected chi connectivity index (χ4v) is 2.55. The van der Waals surface area contributed by atoms with Gasteiger partial charge in [0.25, 0.3) is 0 Å². The number of rotatable bonds is 9. The summed E-state index contributed by atoms with van der Waals surface area (Å²) in [6.07, 6.45) is 3.86. The second-order valence-electron chi connectivity index (χ2n) is 6.16. The molecule has 8 heteroatoms. The summed E-state index contributed by atoms with van der Waals surface area (Å²) in [7, 11) is 0. The van der Waals surface area contributed by atoms with Gasteiger partial charge in [0.05, 0.1) is 19.1 Å². The molecular formula is C14H23N3O5. The molecule has 0 radical (unpaired) electrons. The number of aliphatic carboxylic acids is 1. The topological polar surface area (TPSA) is 142 Å². The number of carboxylic acids is 1. The van der Waals surface area contributed by atoms with Crippen LogP contribution in [0.3, 0.4) is 0 Å². The SMILES string of the molecule is N[C@@H](CC(=O)O)C(=O)N[C@H](CO)C(=O)NC(C1CC1)C1CC1. The number of nitrogens with one attached hydrogen (secondary N) is 2. The molecule has 0 aromatic rings. The van der Waals surface area contributed by atoms with Crippen molar-refractivity contribution in [3.63, 3.8) is 0 Å². The lowest BCUT2D eigenvalue weighted by atomic mass is 10.1.